The van der Waals surface area contributed by atoms with Gasteiger partial charge in [0.15, 0.2) is 40.8 Å². The van der Waals surface area contributed by atoms with Crippen molar-refractivity contribution in [3.63, 3.8) is 0 Å². The summed E-state index contributed by atoms with van der Waals surface area (Å²) in [6.45, 7) is -1.49. The Hall–Kier alpha value is -5.28. The molecule has 0 spiro atoms. The third kappa shape index (κ3) is 8.11. The van der Waals surface area contributed by atoms with Crippen LogP contribution in [0.3, 0.4) is 0 Å². The van der Waals surface area contributed by atoms with Crippen molar-refractivity contribution in [1.82, 2.24) is 0 Å². The lowest BCUT2D eigenvalue weighted by Crippen LogP contribution is -2.65. The third-order valence-electron chi connectivity index (χ3n) is 8.76. The smallest absolute Gasteiger partial charge is 0.330 e. The van der Waals surface area contributed by atoms with E-state index in [1.807, 2.05) is 0 Å². The van der Waals surface area contributed by atoms with Crippen LogP contribution in [0, 0.1) is 0 Å². The second-order valence-corrected chi connectivity index (χ2v) is 12.5. The summed E-state index contributed by atoms with van der Waals surface area (Å²) in [6, 6.07) is 12.6. The molecule has 2 aromatic carbocycles. The van der Waals surface area contributed by atoms with Gasteiger partial charge in [-0.05, 0) is 48.0 Å². The fourth-order valence-corrected chi connectivity index (χ4v) is 5.83. The van der Waals surface area contributed by atoms with Gasteiger partial charge in [-0.15, -0.1) is 0 Å². The molecule has 18 heteroatoms. The number of rotatable bonds is 10. The predicted molar refractivity (Wildman–Crippen MR) is 180 cm³/mol. The summed E-state index contributed by atoms with van der Waals surface area (Å²) < 4.78 is 34.5. The van der Waals surface area contributed by atoms with Gasteiger partial charge in [0.1, 0.15) is 66.6 Å². The van der Waals surface area contributed by atoms with Crippen molar-refractivity contribution in [3.05, 3.63) is 82.5 Å². The normalized spacial score (nSPS) is 28.6. The topological polar surface area (TPSA) is 296 Å². The zero-order chi connectivity index (χ0) is 38.8. The zero-order valence-corrected chi connectivity index (χ0v) is 27.9. The second kappa shape index (κ2) is 16.0. The van der Waals surface area contributed by atoms with Gasteiger partial charge in [-0.3, -0.25) is 4.79 Å². The van der Waals surface area contributed by atoms with Gasteiger partial charge in [0.2, 0.25) is 6.29 Å². The lowest BCUT2D eigenvalue weighted by molar-refractivity contribution is -0.357. The van der Waals surface area contributed by atoms with Crippen molar-refractivity contribution in [2.45, 2.75) is 61.4 Å². The lowest BCUT2D eigenvalue weighted by atomic mass is 9.97. The fraction of sp³-hybridized carbons (Fsp3) is 0.333. The van der Waals surface area contributed by atoms with Crippen LogP contribution in [0.1, 0.15) is 5.56 Å². The Balaban J connectivity index is 1.35. The minimum atomic E-state index is -1.98. The molecule has 18 nitrogen and oxygen atoms in total. The summed E-state index contributed by atoms with van der Waals surface area (Å²) in [5.41, 5.74) is -0.0588. The van der Waals surface area contributed by atoms with Gasteiger partial charge in [-0.2, -0.15) is 0 Å². The number of benzene rings is 3. The molecule has 0 aromatic heterocycles. The number of phenolic OH excluding ortho intramolecular Hbond substituents is 4. The van der Waals surface area contributed by atoms with Crippen LogP contribution in [0.5, 0.6) is 28.7 Å². The van der Waals surface area contributed by atoms with Crippen LogP contribution in [0.25, 0.3) is 28.7 Å². The molecule has 2 aromatic rings. The van der Waals surface area contributed by atoms with Crippen molar-refractivity contribution in [1.29, 1.82) is 0 Å². The summed E-state index contributed by atoms with van der Waals surface area (Å²) in [5, 5.41) is 104. The van der Waals surface area contributed by atoms with Crippen LogP contribution >= 0.6 is 0 Å². The van der Waals surface area contributed by atoms with Gasteiger partial charge >= 0.3 is 5.97 Å². The van der Waals surface area contributed by atoms with E-state index >= 15 is 0 Å². The Kier molecular flexibility index (Phi) is 11.4. The highest BCUT2D eigenvalue weighted by molar-refractivity contribution is 5.87. The van der Waals surface area contributed by atoms with E-state index in [1.165, 1.54) is 42.5 Å². The van der Waals surface area contributed by atoms with Gasteiger partial charge in [0.05, 0.1) is 12.2 Å². The van der Waals surface area contributed by atoms with Crippen LogP contribution in [0.15, 0.2) is 76.0 Å². The van der Waals surface area contributed by atoms with Crippen molar-refractivity contribution in [2.75, 3.05) is 13.2 Å². The van der Waals surface area contributed by atoms with Gasteiger partial charge in [-0.25, -0.2) is 4.79 Å². The maximum atomic E-state index is 12.6. The summed E-state index contributed by atoms with van der Waals surface area (Å²) in [5.74, 6) is -3.11. The van der Waals surface area contributed by atoms with E-state index < -0.39 is 103 Å². The van der Waals surface area contributed by atoms with Crippen LogP contribution in [0.2, 0.25) is 0 Å². The van der Waals surface area contributed by atoms with Crippen molar-refractivity contribution in [3.8, 4) is 51.4 Å². The number of hydrogen-bond acceptors (Lipinski definition) is 18. The number of hydrogen-bond donors (Lipinski definition) is 10. The number of esters is 1. The summed E-state index contributed by atoms with van der Waals surface area (Å²) in [6.07, 6.45) is -15.5. The Morgan fingerprint density at radius 3 is 2.15 bits per heavy atom. The molecule has 0 unspecified atom stereocenters. The first-order valence-corrected chi connectivity index (χ1v) is 16.4. The van der Waals surface area contributed by atoms with E-state index in [0.29, 0.717) is 5.56 Å². The molecule has 0 radical (unpaired) electrons. The summed E-state index contributed by atoms with van der Waals surface area (Å²) in [7, 11) is 0. The highest BCUT2D eigenvalue weighted by Gasteiger charge is 2.52. The summed E-state index contributed by atoms with van der Waals surface area (Å²) in [4.78, 5) is 24.8. The number of fused-ring (bicyclic) bond motifs is 1. The first-order chi connectivity index (χ1) is 25.7. The predicted octanol–water partition coefficient (Wildman–Crippen LogP) is -0.499. The number of carbonyl (C=O) groups excluding carboxylic acids is 1. The molecule has 6 rings (SSSR count). The maximum Gasteiger partial charge on any atom is 0.330 e. The Labute approximate surface area is 304 Å². The Bertz CT molecular complexity index is 1990. The van der Waals surface area contributed by atoms with Crippen molar-refractivity contribution >= 4 is 12.0 Å². The Morgan fingerprint density at radius 1 is 0.741 bits per heavy atom. The van der Waals surface area contributed by atoms with Crippen LogP contribution in [-0.4, -0.2) is 132 Å². The van der Waals surface area contributed by atoms with E-state index in [9.17, 15) is 60.7 Å². The molecular weight excluding hydrogens is 720 g/mol. The monoisotopic (exact) mass is 756 g/mol. The van der Waals surface area contributed by atoms with E-state index in [2.05, 4.69) is 0 Å². The highest BCUT2D eigenvalue weighted by atomic mass is 16.8. The molecule has 0 bridgehead atoms. The molecule has 10 N–H and O–H groups in total. The molecule has 288 valence electrons. The molecule has 3 heterocycles. The van der Waals surface area contributed by atoms with Gasteiger partial charge in [0.25, 0.3) is 0 Å². The number of aliphatic hydroxyl groups excluding tert-OH is 6. The van der Waals surface area contributed by atoms with E-state index in [-0.39, 0.29) is 34.1 Å². The van der Waals surface area contributed by atoms with Crippen molar-refractivity contribution in [2.24, 2.45) is 0 Å². The molecule has 2 saturated heterocycles. The number of ether oxygens (including phenoxy) is 5. The number of phenols is 4. The minimum absolute atomic E-state index is 0.0152. The first kappa shape index (κ1) is 38.4. The molecule has 4 aliphatic rings. The second-order valence-electron chi connectivity index (χ2n) is 12.5. The Morgan fingerprint density at radius 2 is 1.44 bits per heavy atom. The van der Waals surface area contributed by atoms with E-state index in [4.69, 9.17) is 28.1 Å². The quantitative estimate of drug-likeness (QED) is 0.0554. The fourth-order valence-electron chi connectivity index (χ4n) is 5.83. The van der Waals surface area contributed by atoms with Crippen LogP contribution < -0.4 is 10.2 Å². The van der Waals surface area contributed by atoms with Crippen LogP contribution in [-0.2, 0) is 23.7 Å². The molecule has 3 aliphatic heterocycles. The molecule has 1 aliphatic carbocycles. The molecule has 0 saturated carbocycles. The van der Waals surface area contributed by atoms with E-state index in [1.54, 1.807) is 0 Å². The first-order valence-electron chi connectivity index (χ1n) is 16.4. The number of carbonyl (C=O) groups is 1. The largest absolute Gasteiger partial charge is 0.508 e. The maximum absolute atomic E-state index is 12.6. The molecule has 2 fully saturated rings. The third-order valence-corrected chi connectivity index (χ3v) is 8.76. The van der Waals surface area contributed by atoms with Crippen LogP contribution in [0.4, 0.5) is 0 Å². The molecule has 54 heavy (non-hydrogen) atoms. The SMILES string of the molecule is O=C(C=Cc1ccc(O)cc1)OC[C@H]1O[C@@H](Oc2cc3c(O)cc(=O)cc-3oc2-c2ccc(O)c(O)c2)[C@H](O[C@@H]2O[C@@H](CO)[C@@H](O)[C@H](O)[C@H]2O)[C@@H](O)[C@@H]1O. The summed E-state index contributed by atoms with van der Waals surface area (Å²) >= 11 is 0. The standard InChI is InChI=1S/C36H36O18/c37-13-25-28(44)30(46)32(48)35(52-25)54-34-31(47)29(45)26(14-49-27(43)8-3-15-1-5-17(38)6-2-15)53-36(34)51-24-12-19-21(41)10-18(39)11-23(19)50-33(24)16-4-7-20(40)22(42)9-16/h1-12,25-26,28-32,34-38,40-42,44-48H,13-14H2/t25-,26+,28+,29+,30-,31-,32+,34+,35-,36+/m0/s1. The van der Waals surface area contributed by atoms with Crippen molar-refractivity contribution < 1.29 is 84.0 Å². The molecule has 10 atom stereocenters. The van der Waals surface area contributed by atoms with Gasteiger partial charge < -0.3 is 79.2 Å². The number of aromatic hydroxyl groups is 4. The lowest BCUT2D eigenvalue weighted by Gasteiger charge is -2.46. The van der Waals surface area contributed by atoms with Gasteiger partial charge in [-0.1, -0.05) is 12.1 Å². The molecule has 0 amide bonds. The highest BCUT2D eigenvalue weighted by Crippen LogP contribution is 2.43. The zero-order valence-electron chi connectivity index (χ0n) is 27.9. The van der Waals surface area contributed by atoms with E-state index in [0.717, 1.165) is 30.3 Å². The molecular formula is C36H36O18. The number of aliphatic hydroxyl groups is 6. The average molecular weight is 757 g/mol. The average Bonchev–Trinajstić information content (AvgIpc) is 3.14. The van der Waals surface area contributed by atoms with Gasteiger partial charge in [0, 0.05) is 23.8 Å². The minimum Gasteiger partial charge on any atom is -0.508 e.